The summed E-state index contributed by atoms with van der Waals surface area (Å²) in [5.41, 5.74) is 6.41. The van der Waals surface area contributed by atoms with Crippen LogP contribution in [0, 0.1) is 0 Å². The van der Waals surface area contributed by atoms with Crippen molar-refractivity contribution >= 4 is 0 Å². The first-order valence-corrected chi connectivity index (χ1v) is 7.66. The maximum Gasteiger partial charge on any atom is 0.0371 e. The normalized spacial score (nSPS) is 23.8. The molecule has 101 valence electrons. The summed E-state index contributed by atoms with van der Waals surface area (Å²) in [6.07, 6.45) is 12.8. The fraction of sp³-hybridized carbons (Fsp3) is 1.00. The molecule has 1 fully saturated rings. The van der Waals surface area contributed by atoms with Crippen LogP contribution in [0.3, 0.4) is 0 Å². The lowest BCUT2D eigenvalue weighted by Gasteiger charge is -2.40. The number of hydrogen-bond donors (Lipinski definition) is 1. The second-order valence-corrected chi connectivity index (χ2v) is 5.77. The van der Waals surface area contributed by atoms with Crippen molar-refractivity contribution in [3.8, 4) is 0 Å². The van der Waals surface area contributed by atoms with E-state index in [-0.39, 0.29) is 5.54 Å². The zero-order chi connectivity index (χ0) is 12.6. The summed E-state index contributed by atoms with van der Waals surface area (Å²) in [4.78, 5) is 0. The molecule has 0 bridgehead atoms. The Balaban J connectivity index is 2.43. The van der Waals surface area contributed by atoms with Gasteiger partial charge < -0.3 is 5.73 Å². The molecule has 0 aromatic heterocycles. The lowest BCUT2D eigenvalue weighted by Crippen LogP contribution is -2.50. The van der Waals surface area contributed by atoms with E-state index in [0.717, 1.165) is 19.4 Å². The van der Waals surface area contributed by atoms with E-state index in [1.54, 1.807) is 0 Å². The third-order valence-corrected chi connectivity index (χ3v) is 4.08. The molecule has 2 N–H and O–H groups in total. The van der Waals surface area contributed by atoms with Gasteiger partial charge in [0.15, 0.2) is 0 Å². The molecule has 0 amide bonds. The molecule has 1 radical (unpaired) electrons. The largest absolute Gasteiger partial charge is 0.328 e. The molecule has 2 heteroatoms. The van der Waals surface area contributed by atoms with Gasteiger partial charge in [0.05, 0.1) is 0 Å². The minimum Gasteiger partial charge on any atom is -0.328 e. The molecule has 0 spiro atoms. The van der Waals surface area contributed by atoms with Crippen molar-refractivity contribution in [2.24, 2.45) is 5.73 Å². The van der Waals surface area contributed by atoms with Crippen LogP contribution in [-0.2, 0) is 0 Å². The molecule has 0 saturated carbocycles. The van der Waals surface area contributed by atoms with Crippen LogP contribution in [0.2, 0.25) is 0 Å². The molecular formula is C15H31N2. The van der Waals surface area contributed by atoms with Gasteiger partial charge in [-0.3, -0.25) is 0 Å². The number of nitrogens with two attached hydrogens (primary N) is 1. The van der Waals surface area contributed by atoms with E-state index in [2.05, 4.69) is 13.8 Å². The van der Waals surface area contributed by atoms with Gasteiger partial charge in [-0.15, -0.1) is 0 Å². The molecule has 1 aliphatic rings. The van der Waals surface area contributed by atoms with Gasteiger partial charge in [0.25, 0.3) is 0 Å². The molecule has 17 heavy (non-hydrogen) atoms. The van der Waals surface area contributed by atoms with E-state index in [4.69, 9.17) is 11.1 Å². The van der Waals surface area contributed by atoms with Crippen LogP contribution in [0.4, 0.5) is 0 Å². The Morgan fingerprint density at radius 2 is 1.65 bits per heavy atom. The maximum atomic E-state index is 6.16. The van der Waals surface area contributed by atoms with Gasteiger partial charge in [-0.05, 0) is 25.7 Å². The van der Waals surface area contributed by atoms with Crippen LogP contribution in [0.5, 0.6) is 0 Å². The molecule has 1 heterocycles. The topological polar surface area (TPSA) is 40.1 Å². The third-order valence-electron chi connectivity index (χ3n) is 4.08. The molecule has 0 aromatic carbocycles. The standard InChI is InChI=1S/C15H31N2/c1-3-5-7-10-15(11-8-6-4-2)13-14(16)9-12-17-15/h14H,3-13,16H2,1-2H3. The smallest absolute Gasteiger partial charge is 0.0371 e. The molecule has 0 aliphatic carbocycles. The van der Waals surface area contributed by atoms with E-state index < -0.39 is 0 Å². The fourth-order valence-electron chi connectivity index (χ4n) is 3.02. The van der Waals surface area contributed by atoms with Gasteiger partial charge in [0, 0.05) is 18.1 Å². The first-order valence-electron chi connectivity index (χ1n) is 7.66. The zero-order valence-electron chi connectivity index (χ0n) is 11.9. The van der Waals surface area contributed by atoms with Crippen molar-refractivity contribution in [3.05, 3.63) is 0 Å². The minimum atomic E-state index is 0.252. The molecular weight excluding hydrogens is 208 g/mol. The van der Waals surface area contributed by atoms with Gasteiger partial charge in [-0.25, -0.2) is 5.32 Å². The van der Waals surface area contributed by atoms with Gasteiger partial charge in [0.2, 0.25) is 0 Å². The summed E-state index contributed by atoms with van der Waals surface area (Å²) in [5, 5.41) is 4.97. The van der Waals surface area contributed by atoms with Crippen molar-refractivity contribution in [2.45, 2.75) is 89.6 Å². The Bertz CT molecular complexity index is 181. The highest BCUT2D eigenvalue weighted by Crippen LogP contribution is 2.31. The van der Waals surface area contributed by atoms with Crippen LogP contribution in [0.15, 0.2) is 0 Å². The van der Waals surface area contributed by atoms with Gasteiger partial charge in [0.1, 0.15) is 0 Å². The first-order chi connectivity index (χ1) is 8.22. The Labute approximate surface area is 108 Å². The molecule has 2 nitrogen and oxygen atoms in total. The Morgan fingerprint density at radius 1 is 1.06 bits per heavy atom. The lowest BCUT2D eigenvalue weighted by atomic mass is 9.78. The van der Waals surface area contributed by atoms with E-state index in [9.17, 15) is 0 Å². The van der Waals surface area contributed by atoms with Gasteiger partial charge in [-0.2, -0.15) is 0 Å². The maximum absolute atomic E-state index is 6.16. The third kappa shape index (κ3) is 5.39. The fourth-order valence-corrected chi connectivity index (χ4v) is 3.02. The van der Waals surface area contributed by atoms with Crippen LogP contribution in [-0.4, -0.2) is 18.1 Å². The minimum absolute atomic E-state index is 0.252. The summed E-state index contributed by atoms with van der Waals surface area (Å²) in [6, 6.07) is 0.399. The van der Waals surface area contributed by atoms with E-state index in [1.807, 2.05) is 0 Å². The van der Waals surface area contributed by atoms with E-state index in [0.29, 0.717) is 6.04 Å². The average molecular weight is 239 g/mol. The van der Waals surface area contributed by atoms with E-state index >= 15 is 0 Å². The lowest BCUT2D eigenvalue weighted by molar-refractivity contribution is 0.186. The highest BCUT2D eigenvalue weighted by Gasteiger charge is 2.34. The second-order valence-electron chi connectivity index (χ2n) is 5.77. The molecule has 0 aromatic rings. The molecule has 1 aliphatic heterocycles. The molecule has 1 saturated heterocycles. The van der Waals surface area contributed by atoms with Crippen LogP contribution < -0.4 is 11.1 Å². The summed E-state index contributed by atoms with van der Waals surface area (Å²) in [5.74, 6) is 0. The second kappa shape index (κ2) is 8.10. The molecule has 1 atom stereocenters. The first kappa shape index (κ1) is 15.0. The summed E-state index contributed by atoms with van der Waals surface area (Å²) < 4.78 is 0. The van der Waals surface area contributed by atoms with Crippen LogP contribution >= 0.6 is 0 Å². The average Bonchev–Trinajstić information content (AvgIpc) is 2.30. The predicted octanol–water partition coefficient (Wildman–Crippen LogP) is 3.61. The summed E-state index contributed by atoms with van der Waals surface area (Å²) >= 11 is 0. The number of nitrogens with zero attached hydrogens (tertiary/aromatic N) is 1. The Hall–Kier alpha value is -0.0800. The zero-order valence-corrected chi connectivity index (χ0v) is 11.9. The van der Waals surface area contributed by atoms with Gasteiger partial charge in [-0.1, -0.05) is 52.4 Å². The summed E-state index contributed by atoms with van der Waals surface area (Å²) in [7, 11) is 0. The van der Waals surface area contributed by atoms with Crippen molar-refractivity contribution in [3.63, 3.8) is 0 Å². The molecule has 1 unspecified atom stereocenters. The molecule has 1 rings (SSSR count). The Kier molecular flexibility index (Phi) is 7.14. The highest BCUT2D eigenvalue weighted by molar-refractivity contribution is 4.94. The van der Waals surface area contributed by atoms with Crippen LogP contribution in [0.1, 0.15) is 78.1 Å². The van der Waals surface area contributed by atoms with Crippen molar-refractivity contribution < 1.29 is 0 Å². The monoisotopic (exact) mass is 239 g/mol. The van der Waals surface area contributed by atoms with Crippen molar-refractivity contribution in [1.82, 2.24) is 5.32 Å². The number of piperidine rings is 1. The van der Waals surface area contributed by atoms with Crippen LogP contribution in [0.25, 0.3) is 0 Å². The quantitative estimate of drug-likeness (QED) is 0.646. The highest BCUT2D eigenvalue weighted by atomic mass is 15.0. The Morgan fingerprint density at radius 3 is 2.12 bits per heavy atom. The number of hydrogen-bond acceptors (Lipinski definition) is 1. The SMILES string of the molecule is CCCCCC1(CCCCC)CC(N)CC[N]1. The van der Waals surface area contributed by atoms with Crippen molar-refractivity contribution in [2.75, 3.05) is 6.54 Å². The predicted molar refractivity (Wildman–Crippen MR) is 75.2 cm³/mol. The number of rotatable bonds is 8. The van der Waals surface area contributed by atoms with Crippen molar-refractivity contribution in [1.29, 1.82) is 0 Å². The number of unbranched alkanes of at least 4 members (excludes halogenated alkanes) is 4. The summed E-state index contributed by atoms with van der Waals surface area (Å²) in [6.45, 7) is 5.54. The van der Waals surface area contributed by atoms with Gasteiger partial charge >= 0.3 is 0 Å². The van der Waals surface area contributed by atoms with E-state index in [1.165, 1.54) is 51.4 Å².